The Hall–Kier alpha value is -1.65. The Kier molecular flexibility index (Phi) is 1.75. The molecule has 0 atom stereocenters. The van der Waals surface area contributed by atoms with Gasteiger partial charge in [0.1, 0.15) is 17.1 Å². The smallest absolute Gasteiger partial charge is 0.339 e. The molecule has 5 heteroatoms. The van der Waals surface area contributed by atoms with E-state index >= 15 is 0 Å². The molecule has 3 fully saturated rings. The summed E-state index contributed by atoms with van der Waals surface area (Å²) in [7, 11) is 0. The van der Waals surface area contributed by atoms with Crippen LogP contribution in [0.2, 0.25) is 0 Å². The van der Waals surface area contributed by atoms with Crippen molar-refractivity contribution >= 4 is 11.8 Å². The Morgan fingerprint density at radius 2 is 2.38 bits per heavy atom. The molecule has 0 amide bonds. The van der Waals surface area contributed by atoms with Crippen molar-refractivity contribution in [3.63, 3.8) is 0 Å². The van der Waals surface area contributed by atoms with Gasteiger partial charge in [-0.1, -0.05) is 0 Å². The number of nitrogens with zero attached hydrogens (tertiary/aromatic N) is 2. The van der Waals surface area contributed by atoms with Crippen LogP contribution in [-0.4, -0.2) is 34.3 Å². The number of anilines is 1. The van der Waals surface area contributed by atoms with Crippen LogP contribution in [0.1, 0.15) is 23.2 Å². The molecule has 4 rings (SSSR count). The molecule has 2 saturated heterocycles. The number of carbonyl (C=O) groups is 1. The van der Waals surface area contributed by atoms with E-state index in [0.717, 1.165) is 0 Å². The van der Waals surface area contributed by atoms with Crippen molar-refractivity contribution in [3.05, 3.63) is 23.9 Å². The van der Waals surface area contributed by atoms with E-state index in [2.05, 4.69) is 4.98 Å². The molecule has 3 heterocycles. The van der Waals surface area contributed by atoms with Crippen molar-refractivity contribution in [2.24, 2.45) is 0 Å². The molecule has 1 aromatic heterocycles. The van der Waals surface area contributed by atoms with Crippen LogP contribution in [-0.2, 0) is 0 Å². The third-order valence-electron chi connectivity index (χ3n) is 3.39. The molecule has 0 unspecified atom stereocenters. The minimum atomic E-state index is -1.11. The zero-order valence-electron chi connectivity index (χ0n) is 8.56. The minimum absolute atomic E-state index is 0.123. The van der Waals surface area contributed by atoms with Crippen LogP contribution < -0.4 is 4.90 Å². The van der Waals surface area contributed by atoms with Gasteiger partial charge in [-0.05, 0) is 12.1 Å². The van der Waals surface area contributed by atoms with Crippen LogP contribution in [0.3, 0.4) is 0 Å². The SMILES string of the molecule is O=C(O)c1cccnc1N1CC2(F)CC1C2. The molecule has 3 aliphatic rings. The van der Waals surface area contributed by atoms with Crippen LogP contribution in [0.4, 0.5) is 10.2 Å². The summed E-state index contributed by atoms with van der Waals surface area (Å²) in [6.07, 6.45) is 2.55. The first-order valence-corrected chi connectivity index (χ1v) is 5.23. The highest BCUT2D eigenvalue weighted by atomic mass is 19.1. The second-order valence-electron chi connectivity index (χ2n) is 4.52. The number of halogens is 1. The number of hydrogen-bond acceptors (Lipinski definition) is 3. The summed E-state index contributed by atoms with van der Waals surface area (Å²) in [5, 5.41) is 9.03. The van der Waals surface area contributed by atoms with Gasteiger partial charge < -0.3 is 10.0 Å². The maximum absolute atomic E-state index is 13.7. The molecular formula is C11H11FN2O2. The van der Waals surface area contributed by atoms with Gasteiger partial charge in [0.05, 0.1) is 6.54 Å². The van der Waals surface area contributed by atoms with Crippen molar-refractivity contribution in [1.82, 2.24) is 4.98 Å². The van der Waals surface area contributed by atoms with Gasteiger partial charge in [0.15, 0.2) is 0 Å². The summed E-state index contributed by atoms with van der Waals surface area (Å²) in [5.41, 5.74) is -0.962. The molecule has 1 aliphatic carbocycles. The number of hydrogen-bond donors (Lipinski definition) is 1. The van der Waals surface area contributed by atoms with Gasteiger partial charge in [-0.2, -0.15) is 0 Å². The number of fused-ring (bicyclic) bond motifs is 1. The van der Waals surface area contributed by atoms with E-state index < -0.39 is 11.6 Å². The van der Waals surface area contributed by atoms with E-state index in [1.807, 2.05) is 0 Å². The Balaban J connectivity index is 1.98. The van der Waals surface area contributed by atoms with Crippen molar-refractivity contribution in [3.8, 4) is 0 Å². The Morgan fingerprint density at radius 1 is 1.62 bits per heavy atom. The number of pyridine rings is 1. The van der Waals surface area contributed by atoms with Crippen molar-refractivity contribution in [2.75, 3.05) is 11.4 Å². The van der Waals surface area contributed by atoms with Crippen LogP contribution in [0.15, 0.2) is 18.3 Å². The molecular weight excluding hydrogens is 211 g/mol. The van der Waals surface area contributed by atoms with Gasteiger partial charge >= 0.3 is 5.97 Å². The predicted molar refractivity (Wildman–Crippen MR) is 55.4 cm³/mol. The topological polar surface area (TPSA) is 53.4 Å². The first-order chi connectivity index (χ1) is 7.59. The highest BCUT2D eigenvalue weighted by molar-refractivity contribution is 5.93. The number of carboxylic acids is 1. The molecule has 2 aliphatic heterocycles. The summed E-state index contributed by atoms with van der Waals surface area (Å²) in [4.78, 5) is 16.9. The molecule has 2 bridgehead atoms. The van der Waals surface area contributed by atoms with Crippen LogP contribution in [0.25, 0.3) is 0 Å². The zero-order valence-corrected chi connectivity index (χ0v) is 8.56. The molecule has 0 radical (unpaired) electrons. The van der Waals surface area contributed by atoms with E-state index in [1.54, 1.807) is 17.2 Å². The van der Waals surface area contributed by atoms with Crippen LogP contribution in [0, 0.1) is 0 Å². The fourth-order valence-corrected chi connectivity index (χ4v) is 2.61. The molecule has 0 spiro atoms. The molecule has 4 nitrogen and oxygen atoms in total. The van der Waals surface area contributed by atoms with Crippen LogP contribution >= 0.6 is 0 Å². The number of aromatic nitrogens is 1. The average molecular weight is 222 g/mol. The molecule has 1 aromatic rings. The normalized spacial score (nSPS) is 31.3. The summed E-state index contributed by atoms with van der Waals surface area (Å²) in [6.45, 7) is 0.273. The molecule has 1 saturated carbocycles. The fourth-order valence-electron chi connectivity index (χ4n) is 2.61. The fraction of sp³-hybridized carbons (Fsp3) is 0.455. The molecule has 0 aromatic carbocycles. The zero-order chi connectivity index (χ0) is 11.3. The first kappa shape index (κ1) is 9.57. The van der Waals surface area contributed by atoms with Crippen LogP contribution in [0.5, 0.6) is 0 Å². The Labute approximate surface area is 91.7 Å². The number of rotatable bonds is 2. The van der Waals surface area contributed by atoms with Gasteiger partial charge in [-0.3, -0.25) is 0 Å². The van der Waals surface area contributed by atoms with E-state index in [9.17, 15) is 9.18 Å². The van der Waals surface area contributed by atoms with E-state index in [0.29, 0.717) is 18.7 Å². The number of alkyl halides is 1. The number of carboxylic acid groups (broad SMARTS) is 1. The molecule has 1 N–H and O–H groups in total. The van der Waals surface area contributed by atoms with Gasteiger partial charge in [0.2, 0.25) is 0 Å². The lowest BCUT2D eigenvalue weighted by atomic mass is 9.83. The Bertz CT molecular complexity index is 457. The second kappa shape index (κ2) is 2.93. The maximum Gasteiger partial charge on any atom is 0.339 e. The third-order valence-corrected chi connectivity index (χ3v) is 3.39. The summed E-state index contributed by atoms with van der Waals surface area (Å²) < 4.78 is 13.7. The van der Waals surface area contributed by atoms with Gasteiger partial charge in [0.25, 0.3) is 0 Å². The van der Waals surface area contributed by atoms with Gasteiger partial charge in [-0.15, -0.1) is 0 Å². The van der Waals surface area contributed by atoms with Crippen molar-refractivity contribution in [1.29, 1.82) is 0 Å². The lowest BCUT2D eigenvalue weighted by molar-refractivity contribution is 0.0697. The largest absolute Gasteiger partial charge is 0.478 e. The lowest BCUT2D eigenvalue weighted by Gasteiger charge is -2.30. The summed E-state index contributed by atoms with van der Waals surface area (Å²) >= 11 is 0. The van der Waals surface area contributed by atoms with Gasteiger partial charge in [-0.25, -0.2) is 14.2 Å². The quantitative estimate of drug-likeness (QED) is 0.823. The van der Waals surface area contributed by atoms with Crippen molar-refractivity contribution < 1.29 is 14.3 Å². The summed E-state index contributed by atoms with van der Waals surface area (Å²) in [6, 6.07) is 3.21. The van der Waals surface area contributed by atoms with E-state index in [1.165, 1.54) is 6.07 Å². The minimum Gasteiger partial charge on any atom is -0.478 e. The molecule has 84 valence electrons. The number of aromatic carboxylic acids is 1. The lowest BCUT2D eigenvalue weighted by Crippen LogP contribution is -2.36. The highest BCUT2D eigenvalue weighted by Gasteiger charge is 2.56. The second-order valence-corrected chi connectivity index (χ2v) is 4.52. The highest BCUT2D eigenvalue weighted by Crippen LogP contribution is 2.49. The van der Waals surface area contributed by atoms with E-state index in [-0.39, 0.29) is 18.2 Å². The molecule has 16 heavy (non-hydrogen) atoms. The third kappa shape index (κ3) is 1.20. The standard InChI is InChI=1S/C11H11FN2O2/c12-11-4-7(5-11)14(6-11)9-8(10(15)16)2-1-3-13-9/h1-3,7H,4-6H2,(H,15,16). The van der Waals surface area contributed by atoms with Gasteiger partial charge in [0, 0.05) is 25.1 Å². The monoisotopic (exact) mass is 222 g/mol. The Morgan fingerprint density at radius 3 is 2.94 bits per heavy atom. The predicted octanol–water partition coefficient (Wildman–Crippen LogP) is 1.47. The summed E-state index contributed by atoms with van der Waals surface area (Å²) in [5.74, 6) is -0.614. The first-order valence-electron chi connectivity index (χ1n) is 5.23. The van der Waals surface area contributed by atoms with Crippen molar-refractivity contribution in [2.45, 2.75) is 24.6 Å². The average Bonchev–Trinajstić information content (AvgIpc) is 2.71. The maximum atomic E-state index is 13.7. The van der Waals surface area contributed by atoms with E-state index in [4.69, 9.17) is 5.11 Å².